The van der Waals surface area contributed by atoms with Gasteiger partial charge in [-0.15, -0.1) is 8.46 Å². The zero-order valence-corrected chi connectivity index (χ0v) is 3.06. The fourth-order valence-electron chi connectivity index (χ4n) is 0. The van der Waals surface area contributed by atoms with Crippen molar-refractivity contribution in [3.8, 4) is 0 Å². The van der Waals surface area contributed by atoms with E-state index in [2.05, 4.69) is 7.57 Å². The topological polar surface area (TPSA) is 17.1 Å². The van der Waals surface area contributed by atoms with Crippen molar-refractivity contribution in [3.05, 3.63) is 0 Å². The van der Waals surface area contributed by atoms with E-state index < -0.39 is 0 Å². The molecule has 0 aliphatic carbocycles. The molecule has 0 aromatic carbocycles. The Morgan fingerprint density at radius 2 is 2.25 bits per heavy atom. The minimum absolute atomic E-state index is 0.0401. The molecular formula is CH2BOP. The second-order valence-corrected chi connectivity index (χ2v) is 0.854. The standard InChI is InChI=1S/CH2BOP/c2-4-1-3/h1,4H. The zero-order chi connectivity index (χ0) is 3.41. The van der Waals surface area contributed by atoms with Gasteiger partial charge in [-0.05, 0) is 0 Å². The first kappa shape index (κ1) is 4.16. The summed E-state index contributed by atoms with van der Waals surface area (Å²) < 4.78 is 0. The molecule has 0 fully saturated rings. The quantitative estimate of drug-likeness (QED) is 0.241. The molecule has 2 radical (unpaired) electrons. The monoisotopic (exact) mass is 72.0 g/mol. The summed E-state index contributed by atoms with van der Waals surface area (Å²) in [4.78, 5) is 9.06. The van der Waals surface area contributed by atoms with Crippen LogP contribution in [0.4, 0.5) is 0 Å². The van der Waals surface area contributed by atoms with Crippen molar-refractivity contribution >= 4 is 22.1 Å². The van der Waals surface area contributed by atoms with Crippen LogP contribution in [0.5, 0.6) is 0 Å². The molecule has 0 saturated heterocycles. The molecule has 3 heteroatoms. The predicted molar refractivity (Wildman–Crippen MR) is 20.8 cm³/mol. The summed E-state index contributed by atoms with van der Waals surface area (Å²) in [7, 11) is 4.65. The van der Waals surface area contributed by atoms with Crippen LogP contribution in [-0.2, 0) is 4.79 Å². The lowest BCUT2D eigenvalue weighted by Crippen LogP contribution is -1.42. The minimum atomic E-state index is -0.0401. The molecule has 0 aliphatic heterocycles. The second kappa shape index (κ2) is 3.16. The average Bonchev–Trinajstić information content (AvgIpc) is 1.37. The van der Waals surface area contributed by atoms with Crippen molar-refractivity contribution in [2.24, 2.45) is 0 Å². The Morgan fingerprint density at radius 1 is 2.00 bits per heavy atom. The molecule has 0 saturated carbocycles. The van der Waals surface area contributed by atoms with Gasteiger partial charge in [0, 0.05) is 0 Å². The summed E-state index contributed by atoms with van der Waals surface area (Å²) >= 11 is 0. The molecule has 4 heavy (non-hydrogen) atoms. The number of carbonyl (C=O) groups is 1. The molecule has 0 rings (SSSR count). The molecule has 0 aliphatic rings. The van der Waals surface area contributed by atoms with Crippen LogP contribution in [0, 0.1) is 0 Å². The fraction of sp³-hybridized carbons (Fsp3) is 0. The molecule has 0 spiro atoms. The van der Waals surface area contributed by atoms with Crippen LogP contribution in [0.3, 0.4) is 0 Å². The smallest absolute Gasteiger partial charge is 0.128 e. The molecule has 1 atom stereocenters. The van der Waals surface area contributed by atoms with Crippen molar-refractivity contribution in [1.29, 1.82) is 0 Å². The highest BCUT2D eigenvalue weighted by molar-refractivity contribution is 7.78. The summed E-state index contributed by atoms with van der Waals surface area (Å²) in [6.45, 7) is 0. The van der Waals surface area contributed by atoms with Crippen molar-refractivity contribution in [1.82, 2.24) is 0 Å². The second-order valence-electron chi connectivity index (χ2n) is 0.285. The van der Waals surface area contributed by atoms with E-state index in [0.717, 1.165) is 0 Å². The van der Waals surface area contributed by atoms with E-state index in [0.29, 0.717) is 6.03 Å². The van der Waals surface area contributed by atoms with Crippen molar-refractivity contribution in [2.75, 3.05) is 0 Å². The van der Waals surface area contributed by atoms with E-state index in [4.69, 9.17) is 4.79 Å². The highest BCUT2D eigenvalue weighted by Crippen LogP contribution is 1.85. The number of carbonyl (C=O) groups excluding carboxylic acids is 1. The fourth-order valence-corrected chi connectivity index (χ4v) is 0. The highest BCUT2D eigenvalue weighted by Gasteiger charge is 1.51. The van der Waals surface area contributed by atoms with Gasteiger partial charge in [-0.25, -0.2) is 0 Å². The normalized spacial score (nSPS) is 9.00. The maximum absolute atomic E-state index is 9.06. The summed E-state index contributed by atoms with van der Waals surface area (Å²) in [5.74, 6) is 0. The minimum Gasteiger partial charge on any atom is -0.300 e. The van der Waals surface area contributed by atoms with E-state index in [1.807, 2.05) is 0 Å². The molecule has 0 heterocycles. The highest BCUT2D eigenvalue weighted by atomic mass is 31.1. The largest absolute Gasteiger partial charge is 0.300 e. The van der Waals surface area contributed by atoms with E-state index >= 15 is 0 Å². The van der Waals surface area contributed by atoms with Crippen molar-refractivity contribution < 1.29 is 4.79 Å². The van der Waals surface area contributed by atoms with Gasteiger partial charge < -0.3 is 0 Å². The van der Waals surface area contributed by atoms with E-state index in [9.17, 15) is 0 Å². The van der Waals surface area contributed by atoms with Crippen LogP contribution in [0.2, 0.25) is 0 Å². The maximum Gasteiger partial charge on any atom is 0.128 e. The van der Waals surface area contributed by atoms with Gasteiger partial charge >= 0.3 is 0 Å². The van der Waals surface area contributed by atoms with E-state index in [1.54, 1.807) is 0 Å². The number of hydrogen-bond acceptors (Lipinski definition) is 1. The van der Waals surface area contributed by atoms with Crippen LogP contribution >= 0.6 is 8.46 Å². The summed E-state index contributed by atoms with van der Waals surface area (Å²) in [5, 5.41) is 0. The summed E-state index contributed by atoms with van der Waals surface area (Å²) in [5.41, 5.74) is 0. The first-order chi connectivity index (χ1) is 1.91. The summed E-state index contributed by atoms with van der Waals surface area (Å²) in [6.07, 6.45) is 0. The number of rotatable bonds is 1. The third-order valence-corrected chi connectivity index (χ3v) is 0.204. The lowest BCUT2D eigenvalue weighted by atomic mass is 10.8. The molecule has 0 amide bonds. The third kappa shape index (κ3) is 2.16. The van der Waals surface area contributed by atoms with Crippen LogP contribution in [0.1, 0.15) is 0 Å². The SMILES string of the molecule is [B]PC=O. The Hall–Kier alpha value is 0.165. The van der Waals surface area contributed by atoms with Gasteiger partial charge in [0.1, 0.15) is 13.6 Å². The van der Waals surface area contributed by atoms with Crippen molar-refractivity contribution in [3.63, 3.8) is 0 Å². The van der Waals surface area contributed by atoms with E-state index in [1.165, 1.54) is 0 Å². The van der Waals surface area contributed by atoms with Gasteiger partial charge in [0.15, 0.2) is 0 Å². The Kier molecular flexibility index (Phi) is 3.30. The lowest BCUT2D eigenvalue weighted by molar-refractivity contribution is 0.570. The Labute approximate surface area is 27.9 Å². The summed E-state index contributed by atoms with van der Waals surface area (Å²) in [6, 6.07) is 0.681. The van der Waals surface area contributed by atoms with Gasteiger partial charge in [-0.1, -0.05) is 0 Å². The molecular weight excluding hydrogens is 69.8 g/mol. The number of hydrogen-bond donors (Lipinski definition) is 0. The van der Waals surface area contributed by atoms with Gasteiger partial charge in [-0.3, -0.25) is 4.79 Å². The average molecular weight is 71.8 g/mol. The molecule has 1 unspecified atom stereocenters. The zero-order valence-electron chi connectivity index (χ0n) is 2.06. The molecule has 0 aromatic heterocycles. The van der Waals surface area contributed by atoms with Gasteiger partial charge in [0.2, 0.25) is 0 Å². The first-order valence-electron chi connectivity index (χ1n) is 0.813. The van der Waals surface area contributed by atoms with Crippen molar-refractivity contribution in [2.45, 2.75) is 0 Å². The molecule has 0 N–H and O–H groups in total. The first-order valence-corrected chi connectivity index (χ1v) is 1.97. The maximum atomic E-state index is 9.06. The van der Waals surface area contributed by atoms with Gasteiger partial charge in [0.05, 0.1) is 0 Å². The van der Waals surface area contributed by atoms with Gasteiger partial charge in [-0.2, -0.15) is 0 Å². The Morgan fingerprint density at radius 3 is 2.25 bits per heavy atom. The van der Waals surface area contributed by atoms with Crippen LogP contribution in [0.15, 0.2) is 0 Å². The lowest BCUT2D eigenvalue weighted by Gasteiger charge is -1.52. The Balaban J connectivity index is 2.30. The predicted octanol–water partition coefficient (Wildman–Crippen LogP) is -0.0614. The molecule has 20 valence electrons. The third-order valence-electron chi connectivity index (χ3n) is 0.0680. The van der Waals surface area contributed by atoms with Crippen LogP contribution in [-0.4, -0.2) is 13.6 Å². The molecule has 0 bridgehead atoms. The van der Waals surface area contributed by atoms with Crippen LogP contribution < -0.4 is 0 Å². The molecule has 0 aromatic rings. The van der Waals surface area contributed by atoms with Gasteiger partial charge in [0.25, 0.3) is 0 Å². The Bertz CT molecular complexity index is 22.0. The van der Waals surface area contributed by atoms with E-state index in [-0.39, 0.29) is 8.46 Å². The van der Waals surface area contributed by atoms with Crippen LogP contribution in [0.25, 0.3) is 0 Å². The molecule has 1 nitrogen and oxygen atoms in total.